The Morgan fingerprint density at radius 2 is 1.90 bits per heavy atom. The van der Waals surface area contributed by atoms with Crippen molar-refractivity contribution >= 4 is 36.1 Å². The zero-order valence-corrected chi connectivity index (χ0v) is 13.7. The number of thioether (sulfide) groups is 1. The fourth-order valence-corrected chi connectivity index (χ4v) is 2.57. The number of nitrogens with zero attached hydrogens (tertiary/aromatic N) is 3. The highest BCUT2D eigenvalue weighted by atomic mass is 35.5. The monoisotopic (exact) mass is 329 g/mol. The van der Waals surface area contributed by atoms with Gasteiger partial charge in [-0.25, -0.2) is 4.99 Å². The van der Waals surface area contributed by atoms with Gasteiger partial charge in [0, 0.05) is 10.6 Å². The van der Waals surface area contributed by atoms with E-state index in [-0.39, 0.29) is 24.3 Å². The standard InChI is InChI=1S/C13H19N5OS.ClH/c1-13(2)17-11(14)16-12(15)18(13)19-8-9-20-10-6-4-3-5-7-10;/h3-7H,8-9H2,1-2H3,(H4,14,15,16,17);1H. The number of hydrogen-bond acceptors (Lipinski definition) is 7. The molecular weight excluding hydrogens is 310 g/mol. The third kappa shape index (κ3) is 4.80. The summed E-state index contributed by atoms with van der Waals surface area (Å²) in [7, 11) is 0. The van der Waals surface area contributed by atoms with E-state index in [4.69, 9.17) is 16.3 Å². The van der Waals surface area contributed by atoms with Crippen molar-refractivity contribution in [3.8, 4) is 0 Å². The average molecular weight is 330 g/mol. The maximum Gasteiger partial charge on any atom is 0.226 e. The second-order valence-electron chi connectivity index (χ2n) is 4.72. The van der Waals surface area contributed by atoms with Crippen molar-refractivity contribution in [3.63, 3.8) is 0 Å². The highest BCUT2D eigenvalue weighted by Gasteiger charge is 2.32. The lowest BCUT2D eigenvalue weighted by atomic mass is 10.2. The van der Waals surface area contributed by atoms with Gasteiger partial charge in [-0.2, -0.15) is 10.1 Å². The number of rotatable bonds is 5. The number of nitrogens with two attached hydrogens (primary N) is 2. The molecule has 1 aliphatic heterocycles. The van der Waals surface area contributed by atoms with Gasteiger partial charge in [-0.1, -0.05) is 18.2 Å². The second-order valence-corrected chi connectivity index (χ2v) is 5.89. The SMILES string of the molecule is CC1(C)N=C(N)N=C(N)N1OCCSc1ccccc1.Cl. The summed E-state index contributed by atoms with van der Waals surface area (Å²) < 4.78 is 0. The lowest BCUT2D eigenvalue weighted by Crippen LogP contribution is -2.53. The summed E-state index contributed by atoms with van der Waals surface area (Å²) >= 11 is 1.72. The lowest BCUT2D eigenvalue weighted by molar-refractivity contribution is -0.151. The fourth-order valence-electron chi connectivity index (χ4n) is 1.82. The number of guanidine groups is 2. The van der Waals surface area contributed by atoms with Gasteiger partial charge in [0.2, 0.25) is 11.9 Å². The molecule has 1 aliphatic rings. The fraction of sp³-hybridized carbons (Fsp3) is 0.385. The minimum Gasteiger partial charge on any atom is -0.368 e. The van der Waals surface area contributed by atoms with Crippen LogP contribution in [0.4, 0.5) is 0 Å². The van der Waals surface area contributed by atoms with E-state index in [1.807, 2.05) is 32.0 Å². The van der Waals surface area contributed by atoms with E-state index in [0.717, 1.165) is 5.75 Å². The van der Waals surface area contributed by atoms with Crippen molar-refractivity contribution in [2.75, 3.05) is 12.4 Å². The lowest BCUT2D eigenvalue weighted by Gasteiger charge is -2.36. The van der Waals surface area contributed by atoms with E-state index in [2.05, 4.69) is 22.1 Å². The van der Waals surface area contributed by atoms with Gasteiger partial charge in [-0.05, 0) is 26.0 Å². The van der Waals surface area contributed by atoms with E-state index >= 15 is 0 Å². The molecule has 0 aliphatic carbocycles. The molecule has 116 valence electrons. The zero-order chi connectivity index (χ0) is 14.6. The van der Waals surface area contributed by atoms with E-state index in [9.17, 15) is 0 Å². The zero-order valence-electron chi connectivity index (χ0n) is 12.0. The maximum atomic E-state index is 5.82. The molecule has 1 aromatic rings. The van der Waals surface area contributed by atoms with Gasteiger partial charge in [0.25, 0.3) is 0 Å². The van der Waals surface area contributed by atoms with Gasteiger partial charge in [0.05, 0.1) is 6.61 Å². The first-order valence-corrected chi connectivity index (χ1v) is 7.28. The van der Waals surface area contributed by atoms with Gasteiger partial charge in [-0.3, -0.25) is 4.84 Å². The predicted octanol–water partition coefficient (Wildman–Crippen LogP) is 1.81. The minimum atomic E-state index is -0.646. The van der Waals surface area contributed by atoms with Crippen LogP contribution in [0.3, 0.4) is 0 Å². The van der Waals surface area contributed by atoms with Crippen LogP contribution in [0.5, 0.6) is 0 Å². The molecule has 1 aromatic carbocycles. The quantitative estimate of drug-likeness (QED) is 0.635. The molecule has 2 rings (SSSR count). The number of halogens is 1. The van der Waals surface area contributed by atoms with Crippen molar-refractivity contribution in [2.45, 2.75) is 24.4 Å². The number of hydroxylamine groups is 2. The van der Waals surface area contributed by atoms with Crippen molar-refractivity contribution in [2.24, 2.45) is 21.5 Å². The molecule has 0 saturated carbocycles. The molecule has 0 spiro atoms. The molecule has 6 nitrogen and oxygen atoms in total. The third-order valence-electron chi connectivity index (χ3n) is 2.64. The average Bonchev–Trinajstić information content (AvgIpc) is 2.37. The first kappa shape index (κ1) is 17.6. The first-order chi connectivity index (χ1) is 9.49. The normalized spacial score (nSPS) is 16.8. The largest absolute Gasteiger partial charge is 0.368 e. The molecule has 0 amide bonds. The van der Waals surface area contributed by atoms with Crippen molar-refractivity contribution in [3.05, 3.63) is 30.3 Å². The maximum absolute atomic E-state index is 5.82. The van der Waals surface area contributed by atoms with Gasteiger partial charge < -0.3 is 11.5 Å². The molecule has 0 unspecified atom stereocenters. The predicted molar refractivity (Wildman–Crippen MR) is 89.5 cm³/mol. The molecule has 0 fully saturated rings. The van der Waals surface area contributed by atoms with Crippen LogP contribution < -0.4 is 11.5 Å². The van der Waals surface area contributed by atoms with Crippen LogP contribution in [0, 0.1) is 0 Å². The minimum absolute atomic E-state index is 0. The number of hydrogen-bond donors (Lipinski definition) is 2. The van der Waals surface area contributed by atoms with Crippen LogP contribution in [-0.4, -0.2) is 35.0 Å². The van der Waals surface area contributed by atoms with Gasteiger partial charge in [-0.15, -0.1) is 24.2 Å². The molecule has 21 heavy (non-hydrogen) atoms. The van der Waals surface area contributed by atoms with Gasteiger partial charge >= 0.3 is 0 Å². The Hall–Kier alpha value is -1.44. The van der Waals surface area contributed by atoms with Crippen LogP contribution in [0.2, 0.25) is 0 Å². The van der Waals surface area contributed by atoms with Crippen molar-refractivity contribution in [1.29, 1.82) is 0 Å². The highest BCUT2D eigenvalue weighted by molar-refractivity contribution is 7.99. The summed E-state index contributed by atoms with van der Waals surface area (Å²) in [6.45, 7) is 4.24. The van der Waals surface area contributed by atoms with E-state index in [1.54, 1.807) is 11.8 Å². The van der Waals surface area contributed by atoms with Crippen molar-refractivity contribution in [1.82, 2.24) is 5.06 Å². The number of aliphatic imine (C=N–C) groups is 2. The Balaban J connectivity index is 0.00000220. The van der Waals surface area contributed by atoms with Crippen LogP contribution >= 0.6 is 24.2 Å². The van der Waals surface area contributed by atoms with E-state index in [0.29, 0.717) is 6.61 Å². The van der Waals surface area contributed by atoms with E-state index in [1.165, 1.54) is 9.96 Å². The molecule has 0 radical (unpaired) electrons. The summed E-state index contributed by atoms with van der Waals surface area (Å²) in [6.07, 6.45) is 0. The molecule has 0 bridgehead atoms. The molecule has 0 atom stereocenters. The smallest absolute Gasteiger partial charge is 0.226 e. The van der Waals surface area contributed by atoms with Gasteiger partial charge in [0.1, 0.15) is 0 Å². The molecule has 1 heterocycles. The summed E-state index contributed by atoms with van der Waals surface area (Å²) in [5, 5.41) is 1.49. The third-order valence-corrected chi connectivity index (χ3v) is 3.61. The second kappa shape index (κ2) is 7.53. The Morgan fingerprint density at radius 1 is 1.24 bits per heavy atom. The first-order valence-electron chi connectivity index (χ1n) is 6.29. The summed E-state index contributed by atoms with van der Waals surface area (Å²) in [6, 6.07) is 10.2. The molecule has 0 saturated heterocycles. The van der Waals surface area contributed by atoms with E-state index < -0.39 is 5.66 Å². The highest BCUT2D eigenvalue weighted by Crippen LogP contribution is 2.21. The Kier molecular flexibility index (Phi) is 6.32. The Bertz CT molecular complexity index is 521. The molecular formula is C13H20ClN5OS. The van der Waals surface area contributed by atoms with Crippen LogP contribution in [0.15, 0.2) is 45.2 Å². The number of benzene rings is 1. The Labute approximate surface area is 135 Å². The summed E-state index contributed by atoms with van der Waals surface area (Å²) in [5.41, 5.74) is 10.8. The molecule has 0 aromatic heterocycles. The topological polar surface area (TPSA) is 89.2 Å². The summed E-state index contributed by atoms with van der Waals surface area (Å²) in [5.74, 6) is 1.21. The molecule has 4 N–H and O–H groups in total. The molecule has 8 heteroatoms. The van der Waals surface area contributed by atoms with Crippen LogP contribution in [0.25, 0.3) is 0 Å². The Morgan fingerprint density at radius 3 is 2.52 bits per heavy atom. The van der Waals surface area contributed by atoms with Crippen molar-refractivity contribution < 1.29 is 4.84 Å². The van der Waals surface area contributed by atoms with Crippen LogP contribution in [-0.2, 0) is 4.84 Å². The van der Waals surface area contributed by atoms with Gasteiger partial charge in [0.15, 0.2) is 5.66 Å². The summed E-state index contributed by atoms with van der Waals surface area (Å²) in [4.78, 5) is 15.0. The van der Waals surface area contributed by atoms with Crippen LogP contribution in [0.1, 0.15) is 13.8 Å².